The van der Waals surface area contributed by atoms with Crippen LogP contribution in [0, 0.1) is 11.6 Å². The van der Waals surface area contributed by atoms with E-state index >= 15 is 8.78 Å². The molecule has 6 heteroatoms. The second kappa shape index (κ2) is 8.85. The monoisotopic (exact) mass is 450 g/mol. The minimum absolute atomic E-state index is 0.163. The van der Waals surface area contributed by atoms with E-state index in [4.69, 9.17) is 10.5 Å². The van der Waals surface area contributed by atoms with Gasteiger partial charge >= 0.3 is 6.09 Å². The molecular weight excluding hydrogens is 422 g/mol. The Labute approximate surface area is 193 Å². The van der Waals surface area contributed by atoms with Crippen molar-refractivity contribution in [2.75, 3.05) is 5.73 Å². The quantitative estimate of drug-likeness (QED) is 0.487. The maximum Gasteiger partial charge on any atom is 0.410 e. The molecule has 4 nitrogen and oxygen atoms in total. The number of ether oxygens (including phenoxy) is 1. The summed E-state index contributed by atoms with van der Waals surface area (Å²) in [6.45, 7) is 5.10. The number of anilines is 1. The van der Waals surface area contributed by atoms with Gasteiger partial charge in [0.2, 0.25) is 0 Å². The summed E-state index contributed by atoms with van der Waals surface area (Å²) in [5.41, 5.74) is 8.70. The van der Waals surface area contributed by atoms with Gasteiger partial charge in [-0.05, 0) is 80.1 Å². The van der Waals surface area contributed by atoms with Gasteiger partial charge in [-0.3, -0.25) is 0 Å². The first kappa shape index (κ1) is 22.8. The Morgan fingerprint density at radius 3 is 2.12 bits per heavy atom. The molecule has 0 bridgehead atoms. The number of rotatable bonds is 4. The van der Waals surface area contributed by atoms with Crippen molar-refractivity contribution in [2.24, 2.45) is 0 Å². The molecule has 172 valence electrons. The predicted molar refractivity (Wildman–Crippen MR) is 126 cm³/mol. The van der Waals surface area contributed by atoms with Crippen molar-refractivity contribution in [1.82, 2.24) is 4.90 Å². The topological polar surface area (TPSA) is 55.6 Å². The maximum absolute atomic E-state index is 15.2. The molecule has 0 heterocycles. The van der Waals surface area contributed by atoms with Crippen molar-refractivity contribution >= 4 is 11.8 Å². The van der Waals surface area contributed by atoms with Crippen LogP contribution >= 0.6 is 0 Å². The number of hydrogen-bond acceptors (Lipinski definition) is 3. The summed E-state index contributed by atoms with van der Waals surface area (Å²) >= 11 is 0. The number of carbonyl (C=O) groups excluding carboxylic acids is 1. The molecule has 0 saturated carbocycles. The van der Waals surface area contributed by atoms with Crippen molar-refractivity contribution in [1.29, 1.82) is 0 Å². The van der Waals surface area contributed by atoms with E-state index < -0.39 is 23.3 Å². The van der Waals surface area contributed by atoms with Gasteiger partial charge < -0.3 is 15.4 Å². The van der Waals surface area contributed by atoms with Gasteiger partial charge in [-0.1, -0.05) is 36.4 Å². The van der Waals surface area contributed by atoms with E-state index in [2.05, 4.69) is 0 Å². The highest BCUT2D eigenvalue weighted by atomic mass is 19.1. The SMILES string of the molecule is CC(C)(C)OC(=O)N(Cc1c(F)cc(-c2cccc(N)c2)cc1F)C1Cc2ccccc2C1. The third-order valence-corrected chi connectivity index (χ3v) is 5.79. The number of hydrogen-bond donors (Lipinski definition) is 1. The van der Waals surface area contributed by atoms with Gasteiger partial charge in [0, 0.05) is 17.3 Å². The van der Waals surface area contributed by atoms with Crippen molar-refractivity contribution in [2.45, 2.75) is 51.8 Å². The fraction of sp³-hybridized carbons (Fsp3) is 0.296. The van der Waals surface area contributed by atoms with Crippen LogP contribution in [0.25, 0.3) is 11.1 Å². The van der Waals surface area contributed by atoms with E-state index in [1.54, 1.807) is 45.0 Å². The number of nitrogens with two attached hydrogens (primary N) is 1. The average molecular weight is 451 g/mol. The minimum atomic E-state index is -0.727. The van der Waals surface area contributed by atoms with Crippen molar-refractivity contribution in [3.63, 3.8) is 0 Å². The standard InChI is InChI=1S/C27H28F2N2O2/c1-27(2,3)33-26(32)31(22-12-18-7-4-5-8-19(18)13-22)16-23-24(28)14-20(15-25(23)29)17-9-6-10-21(30)11-17/h4-11,14-15,22H,12-13,16,30H2,1-3H3. The molecule has 0 saturated heterocycles. The number of halogens is 2. The summed E-state index contributed by atoms with van der Waals surface area (Å²) in [5.74, 6) is -1.42. The zero-order valence-electron chi connectivity index (χ0n) is 19.1. The van der Waals surface area contributed by atoms with Crippen LogP contribution in [0.4, 0.5) is 19.3 Å². The van der Waals surface area contributed by atoms with E-state index in [9.17, 15) is 4.79 Å². The Morgan fingerprint density at radius 1 is 0.970 bits per heavy atom. The molecule has 0 radical (unpaired) electrons. The van der Waals surface area contributed by atoms with Crippen LogP contribution in [0.3, 0.4) is 0 Å². The van der Waals surface area contributed by atoms with Gasteiger partial charge in [-0.15, -0.1) is 0 Å². The highest BCUT2D eigenvalue weighted by Gasteiger charge is 2.34. The van der Waals surface area contributed by atoms with Gasteiger partial charge in [0.05, 0.1) is 6.54 Å². The molecule has 2 N–H and O–H groups in total. The lowest BCUT2D eigenvalue weighted by Gasteiger charge is -2.32. The maximum atomic E-state index is 15.2. The fourth-order valence-corrected chi connectivity index (χ4v) is 4.23. The van der Waals surface area contributed by atoms with E-state index in [1.807, 2.05) is 24.3 Å². The third kappa shape index (κ3) is 5.16. The number of fused-ring (bicyclic) bond motifs is 1. The van der Waals surface area contributed by atoms with E-state index in [-0.39, 0.29) is 18.2 Å². The van der Waals surface area contributed by atoms with E-state index in [1.165, 1.54) is 17.0 Å². The third-order valence-electron chi connectivity index (χ3n) is 5.79. The summed E-state index contributed by atoms with van der Waals surface area (Å²) in [7, 11) is 0. The number of nitrogen functional groups attached to an aromatic ring is 1. The summed E-state index contributed by atoms with van der Waals surface area (Å²) in [6.07, 6.45) is 0.638. The van der Waals surface area contributed by atoms with Gasteiger partial charge in [-0.2, -0.15) is 0 Å². The van der Waals surface area contributed by atoms with Crippen LogP contribution < -0.4 is 5.73 Å². The van der Waals surface area contributed by atoms with E-state index in [0.717, 1.165) is 11.1 Å². The van der Waals surface area contributed by atoms with E-state index in [0.29, 0.717) is 29.7 Å². The van der Waals surface area contributed by atoms with Gasteiger partial charge in [0.1, 0.15) is 17.2 Å². The fourth-order valence-electron chi connectivity index (χ4n) is 4.23. The summed E-state index contributed by atoms with van der Waals surface area (Å²) in [6, 6.07) is 17.1. The molecule has 1 aliphatic carbocycles. The van der Waals surface area contributed by atoms with Gasteiger partial charge in [-0.25, -0.2) is 13.6 Å². The molecule has 33 heavy (non-hydrogen) atoms. The second-order valence-electron chi connectivity index (χ2n) is 9.48. The number of benzene rings is 3. The summed E-state index contributed by atoms with van der Waals surface area (Å²) in [5, 5.41) is 0. The molecule has 4 rings (SSSR count). The molecule has 0 unspecified atom stereocenters. The summed E-state index contributed by atoms with van der Waals surface area (Å²) in [4.78, 5) is 14.5. The first-order chi connectivity index (χ1) is 15.6. The molecule has 1 aliphatic rings. The first-order valence-electron chi connectivity index (χ1n) is 11.0. The Balaban J connectivity index is 1.65. The zero-order chi connectivity index (χ0) is 23.8. The van der Waals surface area contributed by atoms with Crippen LogP contribution in [0.15, 0.2) is 60.7 Å². The number of carbonyl (C=O) groups is 1. The van der Waals surface area contributed by atoms with Crippen LogP contribution in [-0.2, 0) is 24.1 Å². The molecule has 3 aromatic rings. The largest absolute Gasteiger partial charge is 0.444 e. The second-order valence-corrected chi connectivity index (χ2v) is 9.48. The first-order valence-corrected chi connectivity index (χ1v) is 11.0. The molecule has 0 spiro atoms. The lowest BCUT2D eigenvalue weighted by atomic mass is 10.0. The van der Waals surface area contributed by atoms with Gasteiger partial charge in [0.15, 0.2) is 0 Å². The molecule has 1 amide bonds. The van der Waals surface area contributed by atoms with Crippen molar-refractivity contribution < 1.29 is 18.3 Å². The van der Waals surface area contributed by atoms with Crippen molar-refractivity contribution in [3.8, 4) is 11.1 Å². The Morgan fingerprint density at radius 2 is 1.58 bits per heavy atom. The average Bonchev–Trinajstić information content (AvgIpc) is 3.15. The lowest BCUT2D eigenvalue weighted by Crippen LogP contribution is -2.43. The molecule has 0 atom stereocenters. The van der Waals surface area contributed by atoms with Crippen LogP contribution in [0.2, 0.25) is 0 Å². The Kier molecular flexibility index (Phi) is 6.11. The van der Waals surface area contributed by atoms with Crippen molar-refractivity contribution in [3.05, 3.63) is 89.0 Å². The van der Waals surface area contributed by atoms with Gasteiger partial charge in [0.25, 0.3) is 0 Å². The Bertz CT molecular complexity index is 1140. The van der Waals surface area contributed by atoms with Crippen LogP contribution in [0.5, 0.6) is 0 Å². The minimum Gasteiger partial charge on any atom is -0.444 e. The molecule has 0 aromatic heterocycles. The van der Waals surface area contributed by atoms with Crippen LogP contribution in [-0.4, -0.2) is 22.6 Å². The Hall–Kier alpha value is -3.41. The predicted octanol–water partition coefficient (Wildman–Crippen LogP) is 6.12. The normalized spacial score (nSPS) is 13.6. The number of amides is 1. The zero-order valence-corrected chi connectivity index (χ0v) is 19.1. The lowest BCUT2D eigenvalue weighted by molar-refractivity contribution is 0.0144. The molecule has 0 aliphatic heterocycles. The number of nitrogens with zero attached hydrogens (tertiary/aromatic N) is 1. The summed E-state index contributed by atoms with van der Waals surface area (Å²) < 4.78 is 35.9. The highest BCUT2D eigenvalue weighted by molar-refractivity contribution is 5.70. The highest BCUT2D eigenvalue weighted by Crippen LogP contribution is 2.31. The van der Waals surface area contributed by atoms with Crippen LogP contribution in [0.1, 0.15) is 37.5 Å². The smallest absolute Gasteiger partial charge is 0.410 e. The molecule has 3 aromatic carbocycles. The molecular formula is C27H28F2N2O2. The molecule has 0 fully saturated rings.